The summed E-state index contributed by atoms with van der Waals surface area (Å²) in [4.78, 5) is 8.71. The number of hydrogen-bond acceptors (Lipinski definition) is 5. The van der Waals surface area contributed by atoms with E-state index < -0.39 is 0 Å². The van der Waals surface area contributed by atoms with E-state index in [-0.39, 0.29) is 6.10 Å². The molecule has 0 atom stereocenters. The highest BCUT2D eigenvalue weighted by molar-refractivity contribution is 5.57. The summed E-state index contributed by atoms with van der Waals surface area (Å²) < 4.78 is 5.64. The minimum Gasteiger partial charge on any atom is -0.491 e. The van der Waals surface area contributed by atoms with E-state index >= 15 is 0 Å². The maximum atomic E-state index is 5.64. The molecule has 2 N–H and O–H groups in total. The van der Waals surface area contributed by atoms with Crippen molar-refractivity contribution in [2.24, 2.45) is 5.92 Å². The Morgan fingerprint density at radius 2 is 1.78 bits per heavy atom. The van der Waals surface area contributed by atoms with Crippen molar-refractivity contribution in [2.45, 2.75) is 40.2 Å². The summed E-state index contributed by atoms with van der Waals surface area (Å²) in [5, 5.41) is 6.53. The van der Waals surface area contributed by atoms with Crippen LogP contribution in [0.1, 0.15) is 34.1 Å². The molecule has 0 radical (unpaired) electrons. The molecule has 0 unspecified atom stereocenters. The third kappa shape index (κ3) is 6.14. The second-order valence-corrected chi connectivity index (χ2v) is 6.19. The lowest BCUT2D eigenvalue weighted by Gasteiger charge is -2.11. The molecule has 0 amide bonds. The maximum absolute atomic E-state index is 5.64. The zero-order chi connectivity index (χ0) is 16.7. The van der Waals surface area contributed by atoms with E-state index in [1.54, 1.807) is 6.20 Å². The van der Waals surface area contributed by atoms with Gasteiger partial charge >= 0.3 is 0 Å². The Balaban J connectivity index is 1.94. The molecule has 0 fully saturated rings. The van der Waals surface area contributed by atoms with Gasteiger partial charge in [0.25, 0.3) is 0 Å². The van der Waals surface area contributed by atoms with Gasteiger partial charge < -0.3 is 15.4 Å². The average Bonchev–Trinajstić information content (AvgIpc) is 2.49. The van der Waals surface area contributed by atoms with Crippen molar-refractivity contribution in [3.05, 3.63) is 36.5 Å². The van der Waals surface area contributed by atoms with Crippen LogP contribution in [0.2, 0.25) is 0 Å². The molecule has 2 rings (SSSR count). The van der Waals surface area contributed by atoms with Gasteiger partial charge in [-0.1, -0.05) is 13.8 Å². The van der Waals surface area contributed by atoms with Crippen molar-refractivity contribution in [2.75, 3.05) is 17.2 Å². The average molecular weight is 314 g/mol. The first-order valence-electron chi connectivity index (χ1n) is 8.13. The lowest BCUT2D eigenvalue weighted by molar-refractivity contribution is 0.242. The Morgan fingerprint density at radius 1 is 1.04 bits per heavy atom. The molecular formula is C18H26N4O. The molecule has 23 heavy (non-hydrogen) atoms. The van der Waals surface area contributed by atoms with Gasteiger partial charge in [-0.05, 0) is 56.5 Å². The van der Waals surface area contributed by atoms with E-state index in [4.69, 9.17) is 4.74 Å². The topological polar surface area (TPSA) is 59.1 Å². The number of anilines is 3. The zero-order valence-corrected chi connectivity index (χ0v) is 14.3. The van der Waals surface area contributed by atoms with E-state index in [2.05, 4.69) is 34.4 Å². The van der Waals surface area contributed by atoms with E-state index in [0.717, 1.165) is 30.2 Å². The minimum atomic E-state index is 0.176. The van der Waals surface area contributed by atoms with Crippen molar-refractivity contribution < 1.29 is 4.74 Å². The summed E-state index contributed by atoms with van der Waals surface area (Å²) in [6, 6.07) is 9.71. The van der Waals surface area contributed by atoms with E-state index in [0.29, 0.717) is 11.9 Å². The van der Waals surface area contributed by atoms with Crippen molar-refractivity contribution in [1.82, 2.24) is 9.97 Å². The quantitative estimate of drug-likeness (QED) is 0.753. The second-order valence-electron chi connectivity index (χ2n) is 6.19. The fraction of sp³-hybridized carbons (Fsp3) is 0.444. The molecule has 0 saturated heterocycles. The lowest BCUT2D eigenvalue weighted by Crippen LogP contribution is -2.08. The standard InChI is InChI=1S/C18H26N4O/c1-13(2)9-11-19-18-20-12-10-17(22-18)21-15-5-7-16(8-6-15)23-14(3)4/h5-8,10,12-14H,9,11H2,1-4H3,(H2,19,20,21,22). The van der Waals surface area contributed by atoms with Crippen LogP contribution in [-0.2, 0) is 0 Å². The molecule has 0 saturated carbocycles. The first-order valence-corrected chi connectivity index (χ1v) is 8.13. The van der Waals surface area contributed by atoms with Crippen LogP contribution >= 0.6 is 0 Å². The molecule has 5 heteroatoms. The van der Waals surface area contributed by atoms with Gasteiger partial charge in [0.05, 0.1) is 6.10 Å². The largest absolute Gasteiger partial charge is 0.491 e. The monoisotopic (exact) mass is 314 g/mol. The summed E-state index contributed by atoms with van der Waals surface area (Å²) >= 11 is 0. The number of nitrogens with zero attached hydrogens (tertiary/aromatic N) is 2. The molecule has 2 aromatic rings. The molecule has 0 aliphatic carbocycles. The molecule has 1 heterocycles. The van der Waals surface area contributed by atoms with Crippen LogP contribution in [0.5, 0.6) is 5.75 Å². The molecule has 5 nitrogen and oxygen atoms in total. The Morgan fingerprint density at radius 3 is 2.43 bits per heavy atom. The van der Waals surface area contributed by atoms with Crippen molar-refractivity contribution in [3.63, 3.8) is 0 Å². The maximum Gasteiger partial charge on any atom is 0.224 e. The van der Waals surface area contributed by atoms with E-state index in [1.165, 1.54) is 0 Å². The lowest BCUT2D eigenvalue weighted by atomic mass is 10.1. The van der Waals surface area contributed by atoms with Crippen molar-refractivity contribution in [3.8, 4) is 5.75 Å². The molecule has 1 aromatic carbocycles. The SMILES string of the molecule is CC(C)CCNc1nccc(Nc2ccc(OC(C)C)cc2)n1. The molecule has 0 aliphatic rings. The van der Waals surface area contributed by atoms with Crippen LogP contribution in [0.15, 0.2) is 36.5 Å². The van der Waals surface area contributed by atoms with Crippen LogP contribution in [0.3, 0.4) is 0 Å². The summed E-state index contributed by atoms with van der Waals surface area (Å²) in [7, 11) is 0. The van der Waals surface area contributed by atoms with Gasteiger partial charge in [-0.25, -0.2) is 4.98 Å². The zero-order valence-electron chi connectivity index (χ0n) is 14.3. The number of benzene rings is 1. The second kappa shape index (κ2) is 8.36. The highest BCUT2D eigenvalue weighted by atomic mass is 16.5. The minimum absolute atomic E-state index is 0.176. The molecule has 124 valence electrons. The van der Waals surface area contributed by atoms with Crippen LogP contribution in [0.4, 0.5) is 17.5 Å². The number of rotatable bonds is 8. The van der Waals surface area contributed by atoms with Crippen molar-refractivity contribution in [1.29, 1.82) is 0 Å². The van der Waals surface area contributed by atoms with Gasteiger partial charge in [-0.3, -0.25) is 0 Å². The van der Waals surface area contributed by atoms with Gasteiger partial charge in [0.2, 0.25) is 5.95 Å². The van der Waals surface area contributed by atoms with E-state index in [1.807, 2.05) is 44.2 Å². The van der Waals surface area contributed by atoms with Crippen LogP contribution in [0.25, 0.3) is 0 Å². The number of nitrogens with one attached hydrogen (secondary N) is 2. The Hall–Kier alpha value is -2.30. The fourth-order valence-electron chi connectivity index (χ4n) is 2.02. The molecule has 0 bridgehead atoms. The Bertz CT molecular complexity index is 596. The Labute approximate surface area is 138 Å². The molecular weight excluding hydrogens is 288 g/mol. The van der Waals surface area contributed by atoms with Crippen LogP contribution < -0.4 is 15.4 Å². The molecule has 0 spiro atoms. The van der Waals surface area contributed by atoms with Gasteiger partial charge in [-0.15, -0.1) is 0 Å². The third-order valence-corrected chi connectivity index (χ3v) is 3.16. The number of hydrogen-bond donors (Lipinski definition) is 2. The molecule has 1 aromatic heterocycles. The predicted molar refractivity (Wildman–Crippen MR) is 95.5 cm³/mol. The first-order chi connectivity index (χ1) is 11.0. The van der Waals surface area contributed by atoms with Gasteiger partial charge in [0.1, 0.15) is 11.6 Å². The summed E-state index contributed by atoms with van der Waals surface area (Å²) in [6.07, 6.45) is 3.02. The fourth-order valence-corrected chi connectivity index (χ4v) is 2.02. The van der Waals surface area contributed by atoms with Crippen LogP contribution in [-0.4, -0.2) is 22.6 Å². The van der Waals surface area contributed by atoms with E-state index in [9.17, 15) is 0 Å². The summed E-state index contributed by atoms with van der Waals surface area (Å²) in [5.74, 6) is 2.94. The predicted octanol–water partition coefficient (Wildman–Crippen LogP) is 4.47. The Kier molecular flexibility index (Phi) is 6.20. The summed E-state index contributed by atoms with van der Waals surface area (Å²) in [6.45, 7) is 9.31. The summed E-state index contributed by atoms with van der Waals surface area (Å²) in [5.41, 5.74) is 0.966. The smallest absolute Gasteiger partial charge is 0.224 e. The highest BCUT2D eigenvalue weighted by Gasteiger charge is 2.02. The van der Waals surface area contributed by atoms with Gasteiger partial charge in [-0.2, -0.15) is 4.98 Å². The first kappa shape index (κ1) is 17.1. The number of aromatic nitrogens is 2. The third-order valence-electron chi connectivity index (χ3n) is 3.16. The van der Waals surface area contributed by atoms with Crippen molar-refractivity contribution >= 4 is 17.5 Å². The van der Waals surface area contributed by atoms with Crippen LogP contribution in [0, 0.1) is 5.92 Å². The normalized spacial score (nSPS) is 10.9. The van der Waals surface area contributed by atoms with Gasteiger partial charge in [0.15, 0.2) is 0 Å². The number of ether oxygens (including phenoxy) is 1. The van der Waals surface area contributed by atoms with Gasteiger partial charge in [0, 0.05) is 18.4 Å². The molecule has 0 aliphatic heterocycles. The highest BCUT2D eigenvalue weighted by Crippen LogP contribution is 2.20.